The number of hydrogen-bond acceptors (Lipinski definition) is 1. The quantitative estimate of drug-likeness (QED) is 0.131. The molecule has 6 aromatic carbocycles. The lowest BCUT2D eigenvalue weighted by molar-refractivity contribution is 0.586. The summed E-state index contributed by atoms with van der Waals surface area (Å²) in [6.45, 7) is 20.4. The van der Waals surface area contributed by atoms with Gasteiger partial charge in [0, 0.05) is 11.3 Å². The Labute approximate surface area is 309 Å². The molecule has 52 heavy (non-hydrogen) atoms. The van der Waals surface area contributed by atoms with Crippen LogP contribution in [0.15, 0.2) is 156 Å². The van der Waals surface area contributed by atoms with Crippen LogP contribution in [-0.4, -0.2) is 11.5 Å². The van der Waals surface area contributed by atoms with Crippen molar-refractivity contribution in [3.63, 3.8) is 0 Å². The first kappa shape index (κ1) is 33.5. The zero-order chi connectivity index (χ0) is 36.4. The summed E-state index contributed by atoms with van der Waals surface area (Å²) < 4.78 is 0. The van der Waals surface area contributed by atoms with E-state index in [4.69, 9.17) is 9.98 Å². The fourth-order valence-electron chi connectivity index (χ4n) is 8.21. The fraction of sp³-hybridized carbons (Fsp3) is 0.200. The van der Waals surface area contributed by atoms with Crippen LogP contribution in [0.2, 0.25) is 0 Å². The predicted octanol–water partition coefficient (Wildman–Crippen LogP) is 12.6. The van der Waals surface area contributed by atoms with Crippen molar-refractivity contribution in [2.75, 3.05) is 0 Å². The molecule has 1 spiro atoms. The first-order valence-electron chi connectivity index (χ1n) is 18.4. The highest BCUT2D eigenvalue weighted by atomic mass is 14.9. The van der Waals surface area contributed by atoms with E-state index >= 15 is 0 Å². The molecule has 0 N–H and O–H groups in total. The van der Waals surface area contributed by atoms with Crippen molar-refractivity contribution in [3.8, 4) is 22.3 Å². The average molecular weight is 675 g/mol. The molecule has 0 atom stereocenters. The van der Waals surface area contributed by atoms with Gasteiger partial charge >= 0.3 is 0 Å². The standard InChI is InChI=1S/C50H46N2/c1-32(34-19-11-9-12-20-34)51-47(52-33(2)35-21-13-10-14-22-35)41-29-37(49(6,7)8)31-45-46(41)40-28-27-36(48(3,4)5)30-44(40)50(45)42-25-17-15-23-38(42)39-24-16-18-26-43(39)50/h9-31H,1H2,2-8H3. The van der Waals surface area contributed by atoms with Gasteiger partial charge in [-0.1, -0.05) is 182 Å². The molecule has 0 bridgehead atoms. The Morgan fingerprint density at radius 3 is 1.60 bits per heavy atom. The van der Waals surface area contributed by atoms with Gasteiger partial charge in [-0.05, 0) is 90.6 Å². The predicted molar refractivity (Wildman–Crippen MR) is 221 cm³/mol. The highest BCUT2D eigenvalue weighted by Crippen LogP contribution is 2.64. The molecule has 0 amide bonds. The second-order valence-corrected chi connectivity index (χ2v) is 16.4. The minimum Gasteiger partial charge on any atom is -0.233 e. The van der Waals surface area contributed by atoms with E-state index in [2.05, 4.69) is 170 Å². The first-order chi connectivity index (χ1) is 24.9. The average Bonchev–Trinajstić information content (AvgIpc) is 3.61. The van der Waals surface area contributed by atoms with E-state index in [1.54, 1.807) is 0 Å². The van der Waals surface area contributed by atoms with Crippen LogP contribution in [0.1, 0.15) is 98.5 Å². The topological polar surface area (TPSA) is 24.7 Å². The number of nitrogens with zero attached hydrogens (tertiary/aromatic N) is 2. The maximum atomic E-state index is 5.42. The number of benzene rings is 6. The third-order valence-electron chi connectivity index (χ3n) is 11.0. The van der Waals surface area contributed by atoms with Gasteiger partial charge in [0.2, 0.25) is 0 Å². The maximum absolute atomic E-state index is 5.42. The molecule has 2 nitrogen and oxygen atoms in total. The number of amidine groups is 1. The number of hydrogen-bond donors (Lipinski definition) is 0. The Balaban J connectivity index is 1.53. The molecule has 6 aromatic rings. The van der Waals surface area contributed by atoms with Gasteiger partial charge in [0.05, 0.1) is 11.1 Å². The highest BCUT2D eigenvalue weighted by molar-refractivity contribution is 6.16. The molecular formula is C50H46N2. The fourth-order valence-corrected chi connectivity index (χ4v) is 8.21. The van der Waals surface area contributed by atoms with E-state index in [9.17, 15) is 0 Å². The van der Waals surface area contributed by atoms with Crippen LogP contribution in [-0.2, 0) is 16.2 Å². The SMILES string of the molecule is C=C(N=C(N=C(C)c1ccccc1)c1cc(C(C)(C)C)cc2c1-c1ccc(C(C)(C)C)cc1C21c2ccccc2-c2ccccc21)c1ccccc1. The van der Waals surface area contributed by atoms with Gasteiger partial charge in [-0.2, -0.15) is 0 Å². The molecule has 0 unspecified atom stereocenters. The lowest BCUT2D eigenvalue weighted by Gasteiger charge is -2.33. The van der Waals surface area contributed by atoms with E-state index in [0.29, 0.717) is 11.5 Å². The monoisotopic (exact) mass is 674 g/mol. The third kappa shape index (κ3) is 5.32. The summed E-state index contributed by atoms with van der Waals surface area (Å²) in [4.78, 5) is 10.8. The van der Waals surface area contributed by atoms with Crippen LogP contribution in [0.3, 0.4) is 0 Å². The van der Waals surface area contributed by atoms with Gasteiger partial charge in [0.15, 0.2) is 5.84 Å². The van der Waals surface area contributed by atoms with Crippen molar-refractivity contribution in [1.82, 2.24) is 0 Å². The van der Waals surface area contributed by atoms with Gasteiger partial charge < -0.3 is 0 Å². The second kappa shape index (κ2) is 12.3. The molecule has 0 fully saturated rings. The molecule has 0 aromatic heterocycles. The Hall–Kier alpha value is -5.60. The summed E-state index contributed by atoms with van der Waals surface area (Å²) in [6, 6.07) is 50.7. The summed E-state index contributed by atoms with van der Waals surface area (Å²) >= 11 is 0. The number of aliphatic imine (C=N–C) groups is 2. The summed E-state index contributed by atoms with van der Waals surface area (Å²) in [5.41, 5.74) is 16.8. The van der Waals surface area contributed by atoms with Gasteiger partial charge in [0.1, 0.15) is 0 Å². The van der Waals surface area contributed by atoms with E-state index in [0.717, 1.165) is 22.4 Å². The minimum atomic E-state index is -0.505. The van der Waals surface area contributed by atoms with Crippen LogP contribution in [0, 0.1) is 0 Å². The van der Waals surface area contributed by atoms with Crippen molar-refractivity contribution in [3.05, 3.63) is 196 Å². The molecular weight excluding hydrogens is 629 g/mol. The van der Waals surface area contributed by atoms with Crippen molar-refractivity contribution >= 4 is 17.2 Å². The molecule has 256 valence electrons. The third-order valence-corrected chi connectivity index (χ3v) is 11.0. The minimum absolute atomic E-state index is 0.0286. The maximum Gasteiger partial charge on any atom is 0.160 e. The van der Waals surface area contributed by atoms with E-state index < -0.39 is 5.41 Å². The molecule has 0 heterocycles. The van der Waals surface area contributed by atoms with Crippen molar-refractivity contribution in [2.45, 2.75) is 64.7 Å². The Bertz CT molecular complexity index is 2380. The zero-order valence-electron chi connectivity index (χ0n) is 31.4. The van der Waals surface area contributed by atoms with Crippen LogP contribution in [0.5, 0.6) is 0 Å². The van der Waals surface area contributed by atoms with Crippen LogP contribution in [0.25, 0.3) is 28.0 Å². The second-order valence-electron chi connectivity index (χ2n) is 16.4. The Morgan fingerprint density at radius 2 is 1.02 bits per heavy atom. The lowest BCUT2D eigenvalue weighted by Crippen LogP contribution is -2.27. The normalized spacial score (nSPS) is 14.5. The van der Waals surface area contributed by atoms with Crippen LogP contribution < -0.4 is 0 Å². The van der Waals surface area contributed by atoms with E-state index in [1.807, 2.05) is 24.3 Å². The molecule has 0 aliphatic heterocycles. The molecule has 2 aliphatic carbocycles. The summed E-state index contributed by atoms with van der Waals surface area (Å²) in [5.74, 6) is 0.667. The number of fused-ring (bicyclic) bond motifs is 10. The molecule has 0 saturated heterocycles. The van der Waals surface area contributed by atoms with Crippen molar-refractivity contribution in [1.29, 1.82) is 0 Å². The van der Waals surface area contributed by atoms with Gasteiger partial charge in [-0.3, -0.25) is 0 Å². The molecule has 2 aliphatic rings. The summed E-state index contributed by atoms with van der Waals surface area (Å²) in [5, 5.41) is 0. The smallest absolute Gasteiger partial charge is 0.160 e. The van der Waals surface area contributed by atoms with E-state index in [-0.39, 0.29) is 10.8 Å². The molecule has 0 saturated carbocycles. The molecule has 8 rings (SSSR count). The molecule has 0 radical (unpaired) electrons. The summed E-state index contributed by atoms with van der Waals surface area (Å²) in [6.07, 6.45) is 0. The van der Waals surface area contributed by atoms with Crippen LogP contribution >= 0.6 is 0 Å². The highest BCUT2D eigenvalue weighted by Gasteiger charge is 2.53. The van der Waals surface area contributed by atoms with Crippen molar-refractivity contribution in [2.24, 2.45) is 9.98 Å². The Kier molecular flexibility index (Phi) is 7.91. The van der Waals surface area contributed by atoms with Gasteiger partial charge in [0.25, 0.3) is 0 Å². The van der Waals surface area contributed by atoms with Gasteiger partial charge in [-0.15, -0.1) is 0 Å². The zero-order valence-corrected chi connectivity index (χ0v) is 31.4. The van der Waals surface area contributed by atoms with Crippen molar-refractivity contribution < 1.29 is 0 Å². The van der Waals surface area contributed by atoms with Gasteiger partial charge in [-0.25, -0.2) is 9.98 Å². The summed E-state index contributed by atoms with van der Waals surface area (Å²) in [7, 11) is 0. The largest absolute Gasteiger partial charge is 0.233 e. The molecule has 2 heteroatoms. The number of rotatable bonds is 4. The first-order valence-corrected chi connectivity index (χ1v) is 18.4. The Morgan fingerprint density at radius 1 is 0.500 bits per heavy atom. The van der Waals surface area contributed by atoms with E-state index in [1.165, 1.54) is 55.6 Å². The lowest BCUT2D eigenvalue weighted by atomic mass is 9.68. The van der Waals surface area contributed by atoms with Crippen LogP contribution in [0.4, 0.5) is 0 Å².